The number of carbonyl (C=O) groups excluding carboxylic acids is 1. The van der Waals surface area contributed by atoms with Gasteiger partial charge in [-0.3, -0.25) is 0 Å². The average molecular weight is 270 g/mol. The Bertz CT molecular complexity index is 634. The molecule has 0 bridgehead atoms. The van der Waals surface area contributed by atoms with Crippen LogP contribution < -0.4 is 9.47 Å². The maximum absolute atomic E-state index is 11.5. The Morgan fingerprint density at radius 1 is 1.15 bits per heavy atom. The molecule has 3 rings (SSSR count). The third-order valence-electron chi connectivity index (χ3n) is 3.21. The van der Waals surface area contributed by atoms with Gasteiger partial charge in [-0.15, -0.1) is 0 Å². The van der Waals surface area contributed by atoms with Gasteiger partial charge in [0.2, 0.25) is 0 Å². The van der Waals surface area contributed by atoms with Gasteiger partial charge in [-0.25, -0.2) is 4.79 Å². The highest BCUT2D eigenvalue weighted by Crippen LogP contribution is 2.34. The van der Waals surface area contributed by atoms with E-state index in [4.69, 9.17) is 14.2 Å². The van der Waals surface area contributed by atoms with Crippen molar-refractivity contribution >= 4 is 5.97 Å². The lowest BCUT2D eigenvalue weighted by Crippen LogP contribution is -2.00. The van der Waals surface area contributed by atoms with Crippen molar-refractivity contribution in [2.24, 2.45) is 0 Å². The number of methoxy groups -OCH3 is 1. The van der Waals surface area contributed by atoms with Gasteiger partial charge in [0.05, 0.1) is 12.7 Å². The van der Waals surface area contributed by atoms with E-state index in [1.807, 2.05) is 36.4 Å². The van der Waals surface area contributed by atoms with Gasteiger partial charge in [0.15, 0.2) is 11.5 Å². The molecule has 0 amide bonds. The molecular weight excluding hydrogens is 256 g/mol. The fourth-order valence-corrected chi connectivity index (χ4v) is 2.14. The molecule has 4 nitrogen and oxygen atoms in total. The summed E-state index contributed by atoms with van der Waals surface area (Å²) in [6.07, 6.45) is 0. The van der Waals surface area contributed by atoms with Crippen molar-refractivity contribution in [1.29, 1.82) is 0 Å². The van der Waals surface area contributed by atoms with Gasteiger partial charge in [-0.05, 0) is 17.7 Å². The minimum atomic E-state index is -0.312. The predicted molar refractivity (Wildman–Crippen MR) is 72.9 cm³/mol. The normalized spacial score (nSPS) is 12.8. The van der Waals surface area contributed by atoms with Crippen LogP contribution in [0.5, 0.6) is 11.5 Å². The highest BCUT2D eigenvalue weighted by Gasteiger charge is 2.24. The lowest BCUT2D eigenvalue weighted by molar-refractivity contribution is 0.0535. The molecule has 0 saturated carbocycles. The molecular formula is C16H14O4. The van der Waals surface area contributed by atoms with E-state index in [0.29, 0.717) is 30.3 Å². The fourth-order valence-electron chi connectivity index (χ4n) is 2.14. The van der Waals surface area contributed by atoms with Crippen LogP contribution in [-0.4, -0.2) is 13.1 Å². The molecule has 1 heterocycles. The van der Waals surface area contributed by atoms with E-state index < -0.39 is 0 Å². The summed E-state index contributed by atoms with van der Waals surface area (Å²) < 4.78 is 16.0. The Balaban J connectivity index is 1.84. The van der Waals surface area contributed by atoms with Crippen LogP contribution in [-0.2, 0) is 18.0 Å². The molecule has 0 aliphatic carbocycles. The first-order valence-corrected chi connectivity index (χ1v) is 6.32. The Labute approximate surface area is 116 Å². The van der Waals surface area contributed by atoms with Crippen molar-refractivity contribution in [2.45, 2.75) is 13.2 Å². The standard InChI is InChI=1S/C16H14O4/c1-18-14-8-13-12(10-20-16(13)17)7-15(14)19-9-11-5-3-2-4-6-11/h2-8H,9-10H2,1H3. The van der Waals surface area contributed by atoms with E-state index in [2.05, 4.69) is 0 Å². The second-order valence-corrected chi connectivity index (χ2v) is 4.51. The zero-order chi connectivity index (χ0) is 13.9. The third kappa shape index (κ3) is 2.32. The molecule has 20 heavy (non-hydrogen) atoms. The molecule has 0 atom stereocenters. The average Bonchev–Trinajstić information content (AvgIpc) is 2.86. The number of rotatable bonds is 4. The van der Waals surface area contributed by atoms with Crippen LogP contribution in [0.3, 0.4) is 0 Å². The first-order chi connectivity index (χ1) is 9.78. The number of ether oxygens (including phenoxy) is 3. The number of hydrogen-bond donors (Lipinski definition) is 0. The molecule has 4 heteroatoms. The molecule has 102 valence electrons. The molecule has 0 unspecified atom stereocenters. The van der Waals surface area contributed by atoms with Crippen molar-refractivity contribution in [2.75, 3.05) is 7.11 Å². The lowest BCUT2D eigenvalue weighted by Gasteiger charge is -2.11. The summed E-state index contributed by atoms with van der Waals surface area (Å²) in [6, 6.07) is 13.4. The fraction of sp³-hybridized carbons (Fsp3) is 0.188. The lowest BCUT2D eigenvalue weighted by atomic mass is 10.1. The van der Waals surface area contributed by atoms with Crippen LogP contribution in [0.15, 0.2) is 42.5 Å². The van der Waals surface area contributed by atoms with Crippen molar-refractivity contribution in [3.8, 4) is 11.5 Å². The maximum atomic E-state index is 11.5. The Hall–Kier alpha value is -2.49. The number of carbonyl (C=O) groups is 1. The van der Waals surface area contributed by atoms with Gasteiger partial charge in [-0.2, -0.15) is 0 Å². The third-order valence-corrected chi connectivity index (χ3v) is 3.21. The van der Waals surface area contributed by atoms with E-state index in [-0.39, 0.29) is 5.97 Å². The summed E-state index contributed by atoms with van der Waals surface area (Å²) in [4.78, 5) is 11.5. The van der Waals surface area contributed by atoms with Crippen LogP contribution in [0.4, 0.5) is 0 Å². The van der Waals surface area contributed by atoms with Gasteiger partial charge >= 0.3 is 5.97 Å². The molecule has 0 aromatic heterocycles. The Morgan fingerprint density at radius 3 is 2.70 bits per heavy atom. The molecule has 0 radical (unpaired) electrons. The van der Waals surface area contributed by atoms with Gasteiger partial charge in [0, 0.05) is 5.56 Å². The molecule has 2 aromatic carbocycles. The number of fused-ring (bicyclic) bond motifs is 1. The Morgan fingerprint density at radius 2 is 1.95 bits per heavy atom. The molecule has 1 aliphatic heterocycles. The molecule has 0 fully saturated rings. The maximum Gasteiger partial charge on any atom is 0.339 e. The second kappa shape index (κ2) is 5.25. The zero-order valence-corrected chi connectivity index (χ0v) is 11.1. The van der Waals surface area contributed by atoms with Crippen molar-refractivity contribution in [1.82, 2.24) is 0 Å². The van der Waals surface area contributed by atoms with E-state index >= 15 is 0 Å². The summed E-state index contributed by atoms with van der Waals surface area (Å²) in [5, 5.41) is 0. The second-order valence-electron chi connectivity index (χ2n) is 4.51. The molecule has 0 saturated heterocycles. The summed E-state index contributed by atoms with van der Waals surface area (Å²) in [5.74, 6) is 0.847. The number of esters is 1. The topological polar surface area (TPSA) is 44.8 Å². The quantitative estimate of drug-likeness (QED) is 0.801. The summed E-state index contributed by atoms with van der Waals surface area (Å²) in [5.41, 5.74) is 2.45. The number of hydrogen-bond acceptors (Lipinski definition) is 4. The minimum Gasteiger partial charge on any atom is -0.493 e. The van der Waals surface area contributed by atoms with Crippen LogP contribution in [0.1, 0.15) is 21.5 Å². The van der Waals surface area contributed by atoms with E-state index in [1.54, 1.807) is 13.2 Å². The molecule has 1 aliphatic rings. The Kier molecular flexibility index (Phi) is 3.29. The monoisotopic (exact) mass is 270 g/mol. The first-order valence-electron chi connectivity index (χ1n) is 6.32. The van der Waals surface area contributed by atoms with Crippen LogP contribution in [0.2, 0.25) is 0 Å². The van der Waals surface area contributed by atoms with Crippen LogP contribution in [0.25, 0.3) is 0 Å². The van der Waals surface area contributed by atoms with Crippen molar-refractivity contribution in [3.63, 3.8) is 0 Å². The SMILES string of the molecule is COc1cc2c(cc1OCc1ccccc1)COC2=O. The summed E-state index contributed by atoms with van der Waals surface area (Å²) in [7, 11) is 1.55. The van der Waals surface area contributed by atoms with Crippen LogP contribution in [0, 0.1) is 0 Å². The predicted octanol–water partition coefficient (Wildman–Crippen LogP) is 2.94. The van der Waals surface area contributed by atoms with E-state index in [0.717, 1.165) is 11.1 Å². The van der Waals surface area contributed by atoms with Gasteiger partial charge in [0.25, 0.3) is 0 Å². The highest BCUT2D eigenvalue weighted by atomic mass is 16.5. The van der Waals surface area contributed by atoms with Crippen LogP contribution >= 0.6 is 0 Å². The molecule has 0 N–H and O–H groups in total. The van der Waals surface area contributed by atoms with E-state index in [9.17, 15) is 4.79 Å². The summed E-state index contributed by atoms with van der Waals surface area (Å²) in [6.45, 7) is 0.741. The molecule has 0 spiro atoms. The number of benzene rings is 2. The smallest absolute Gasteiger partial charge is 0.339 e. The first kappa shape index (κ1) is 12.5. The van der Waals surface area contributed by atoms with Gasteiger partial charge in [-0.1, -0.05) is 30.3 Å². The molecule has 2 aromatic rings. The number of cyclic esters (lactones) is 1. The van der Waals surface area contributed by atoms with Gasteiger partial charge < -0.3 is 14.2 Å². The van der Waals surface area contributed by atoms with E-state index in [1.165, 1.54) is 0 Å². The van der Waals surface area contributed by atoms with Crippen molar-refractivity contribution in [3.05, 3.63) is 59.2 Å². The van der Waals surface area contributed by atoms with Gasteiger partial charge in [0.1, 0.15) is 13.2 Å². The largest absolute Gasteiger partial charge is 0.493 e. The highest BCUT2D eigenvalue weighted by molar-refractivity contribution is 5.94. The zero-order valence-electron chi connectivity index (χ0n) is 11.1. The summed E-state index contributed by atoms with van der Waals surface area (Å²) >= 11 is 0. The minimum absolute atomic E-state index is 0.292. The van der Waals surface area contributed by atoms with Crippen molar-refractivity contribution < 1.29 is 19.0 Å².